The third-order valence-corrected chi connectivity index (χ3v) is 11.0. The second-order valence-electron chi connectivity index (χ2n) is 12.7. The lowest BCUT2D eigenvalue weighted by Gasteiger charge is -2.34. The Hall–Kier alpha value is -4.13. The zero-order valence-corrected chi connectivity index (χ0v) is 30.0. The van der Waals surface area contributed by atoms with Crippen LogP contribution in [0.1, 0.15) is 92.0 Å². The summed E-state index contributed by atoms with van der Waals surface area (Å²) in [4.78, 5) is 44.4. The average Bonchev–Trinajstić information content (AvgIpc) is 3.13. The highest BCUT2D eigenvalue weighted by molar-refractivity contribution is 7.92. The van der Waals surface area contributed by atoms with E-state index in [1.54, 1.807) is 60.7 Å². The predicted octanol–water partition coefficient (Wildman–Crippen LogP) is 4.00. The van der Waals surface area contributed by atoms with E-state index < -0.39 is 68.9 Å². The fourth-order valence-corrected chi connectivity index (χ4v) is 8.08. The number of carbonyl (C=O) groups is 3. The molecule has 0 fully saturated rings. The van der Waals surface area contributed by atoms with Gasteiger partial charge in [0.05, 0.1) is 28.6 Å². The van der Waals surface area contributed by atoms with Crippen molar-refractivity contribution in [2.24, 2.45) is 0 Å². The molecular weight excluding hydrogens is 657 g/mol. The van der Waals surface area contributed by atoms with Crippen molar-refractivity contribution in [1.82, 2.24) is 20.9 Å². The number of benzene rings is 2. The second kappa shape index (κ2) is 20.5. The van der Waals surface area contributed by atoms with E-state index in [1.807, 2.05) is 26.8 Å². The number of hydrogen-bond donors (Lipinski definition) is 5. The van der Waals surface area contributed by atoms with Crippen molar-refractivity contribution in [3.8, 4) is 0 Å². The molecule has 0 aliphatic heterocycles. The fourth-order valence-electron chi connectivity index (χ4n) is 5.92. The minimum absolute atomic E-state index is 0.0717. The van der Waals surface area contributed by atoms with Gasteiger partial charge < -0.3 is 26.2 Å². The Morgan fingerprint density at radius 1 is 0.700 bits per heavy atom. The Morgan fingerprint density at radius 2 is 1.28 bits per heavy atom. The molecule has 3 amide bonds. The molecule has 0 aliphatic rings. The number of nitrogens with zero attached hydrogens (tertiary/aromatic N) is 1. The van der Waals surface area contributed by atoms with E-state index in [-0.39, 0.29) is 12.0 Å². The SMILES string of the molecule is CCCC[C@@H](NC(=O)c1ccccc1)[C@@H](O)[C@H](O)[C@H](Cc1ccccc1)NC(=O)[C@@H](CS(=O)(=O)C(CCC)CCC)NC(=O)c1cccnc1. The molecule has 0 aliphatic carbocycles. The summed E-state index contributed by atoms with van der Waals surface area (Å²) in [5, 5.41) is 30.8. The maximum absolute atomic E-state index is 14.1. The first-order valence-electron chi connectivity index (χ1n) is 17.5. The Bertz CT molecular complexity index is 1570. The van der Waals surface area contributed by atoms with Crippen LogP contribution in [-0.4, -0.2) is 82.7 Å². The van der Waals surface area contributed by atoms with Crippen LogP contribution in [0.2, 0.25) is 0 Å². The van der Waals surface area contributed by atoms with Crippen LogP contribution < -0.4 is 16.0 Å². The first-order chi connectivity index (χ1) is 24.0. The van der Waals surface area contributed by atoms with Crippen LogP contribution in [0.15, 0.2) is 85.2 Å². The summed E-state index contributed by atoms with van der Waals surface area (Å²) in [5.41, 5.74) is 1.27. The van der Waals surface area contributed by atoms with Crippen molar-refractivity contribution in [2.75, 3.05) is 5.75 Å². The number of aliphatic hydroxyl groups excluding tert-OH is 2. The molecule has 11 nitrogen and oxygen atoms in total. The highest BCUT2D eigenvalue weighted by Gasteiger charge is 2.37. The summed E-state index contributed by atoms with van der Waals surface area (Å²) >= 11 is 0. The van der Waals surface area contributed by atoms with Crippen molar-refractivity contribution >= 4 is 27.6 Å². The largest absolute Gasteiger partial charge is 0.388 e. The van der Waals surface area contributed by atoms with Crippen LogP contribution in [0.4, 0.5) is 0 Å². The third-order valence-electron chi connectivity index (χ3n) is 8.70. The Kier molecular flexibility index (Phi) is 16.5. The lowest BCUT2D eigenvalue weighted by atomic mass is 9.91. The van der Waals surface area contributed by atoms with Gasteiger partial charge in [-0.15, -0.1) is 0 Å². The smallest absolute Gasteiger partial charge is 0.253 e. The Morgan fingerprint density at radius 3 is 1.86 bits per heavy atom. The molecular formula is C38H52N4O7S. The third kappa shape index (κ3) is 12.3. The minimum Gasteiger partial charge on any atom is -0.388 e. The molecule has 2 aromatic carbocycles. The van der Waals surface area contributed by atoms with E-state index in [1.165, 1.54) is 18.5 Å². The van der Waals surface area contributed by atoms with Gasteiger partial charge in [0.15, 0.2) is 9.84 Å². The number of hydrogen-bond acceptors (Lipinski definition) is 8. The topological polar surface area (TPSA) is 175 Å². The van der Waals surface area contributed by atoms with Crippen LogP contribution in [0.3, 0.4) is 0 Å². The van der Waals surface area contributed by atoms with Gasteiger partial charge in [0, 0.05) is 18.0 Å². The highest BCUT2D eigenvalue weighted by Crippen LogP contribution is 2.19. The van der Waals surface area contributed by atoms with Crippen LogP contribution in [0.5, 0.6) is 0 Å². The Balaban J connectivity index is 1.95. The average molecular weight is 709 g/mol. The molecule has 0 spiro atoms. The van der Waals surface area contributed by atoms with Gasteiger partial charge in [0.1, 0.15) is 18.2 Å². The second-order valence-corrected chi connectivity index (χ2v) is 15.0. The van der Waals surface area contributed by atoms with E-state index >= 15 is 0 Å². The summed E-state index contributed by atoms with van der Waals surface area (Å²) in [5.74, 6) is -2.58. The molecule has 3 rings (SSSR count). The molecule has 1 heterocycles. The summed E-state index contributed by atoms with van der Waals surface area (Å²) in [6.45, 7) is 5.75. The maximum Gasteiger partial charge on any atom is 0.253 e. The summed E-state index contributed by atoms with van der Waals surface area (Å²) in [7, 11) is -3.86. The minimum atomic E-state index is -3.86. The zero-order chi connectivity index (χ0) is 36.5. The number of aliphatic hydroxyl groups is 2. The van der Waals surface area contributed by atoms with Gasteiger partial charge in [-0.2, -0.15) is 0 Å². The number of unbranched alkanes of at least 4 members (excludes halogenated alkanes) is 1. The molecule has 0 unspecified atom stereocenters. The summed E-state index contributed by atoms with van der Waals surface area (Å²) in [6, 6.07) is 17.1. The molecule has 3 aromatic rings. The molecule has 5 N–H and O–H groups in total. The van der Waals surface area contributed by atoms with E-state index in [2.05, 4.69) is 20.9 Å². The molecule has 50 heavy (non-hydrogen) atoms. The van der Waals surface area contributed by atoms with E-state index in [4.69, 9.17) is 0 Å². The standard InChI is InChI=1S/C38H52N4O7S/c1-4-7-22-31(40-36(45)28-19-12-9-13-20-28)34(43)35(44)32(24-27-17-10-8-11-18-27)41-38(47)33(42-37(46)29-21-14-23-39-25-29)26-50(48,49)30(15-5-2)16-6-3/h8-14,17-21,23,25,30-35,43-44H,4-7,15-16,22,24,26H2,1-3H3,(H,40,45)(H,41,47)(H,42,46)/t31-,32+,33-,34-,35-/m1/s1. The number of sulfone groups is 1. The van der Waals surface area contributed by atoms with Crippen molar-refractivity contribution in [2.45, 2.75) is 108 Å². The molecule has 0 radical (unpaired) electrons. The van der Waals surface area contributed by atoms with E-state index in [0.29, 0.717) is 44.1 Å². The van der Waals surface area contributed by atoms with Crippen molar-refractivity contribution in [1.29, 1.82) is 0 Å². The van der Waals surface area contributed by atoms with Gasteiger partial charge in [0.25, 0.3) is 11.8 Å². The number of nitrogens with one attached hydrogen (secondary N) is 3. The van der Waals surface area contributed by atoms with Crippen LogP contribution in [0.25, 0.3) is 0 Å². The monoisotopic (exact) mass is 708 g/mol. The molecule has 0 bridgehead atoms. The van der Waals surface area contributed by atoms with Gasteiger partial charge in [-0.3, -0.25) is 19.4 Å². The van der Waals surface area contributed by atoms with Gasteiger partial charge in [-0.05, 0) is 55.5 Å². The fraction of sp³-hybridized carbons (Fsp3) is 0.474. The first kappa shape index (κ1) is 40.3. The van der Waals surface area contributed by atoms with Crippen LogP contribution in [-0.2, 0) is 21.1 Å². The van der Waals surface area contributed by atoms with Gasteiger partial charge >= 0.3 is 0 Å². The zero-order valence-electron chi connectivity index (χ0n) is 29.2. The number of aromatic nitrogens is 1. The quantitative estimate of drug-likeness (QED) is 0.110. The van der Waals surface area contributed by atoms with Crippen molar-refractivity contribution in [3.05, 3.63) is 102 Å². The normalized spacial score (nSPS) is 14.6. The summed E-state index contributed by atoms with van der Waals surface area (Å²) < 4.78 is 27.4. The van der Waals surface area contributed by atoms with Crippen LogP contribution in [0, 0.1) is 0 Å². The lowest BCUT2D eigenvalue weighted by Crippen LogP contribution is -2.60. The van der Waals surface area contributed by atoms with Crippen molar-refractivity contribution < 1.29 is 33.0 Å². The molecule has 0 saturated heterocycles. The van der Waals surface area contributed by atoms with Gasteiger partial charge in [-0.25, -0.2) is 8.42 Å². The molecule has 272 valence electrons. The number of carbonyl (C=O) groups excluding carboxylic acids is 3. The highest BCUT2D eigenvalue weighted by atomic mass is 32.2. The molecule has 0 saturated carbocycles. The van der Waals surface area contributed by atoms with Crippen molar-refractivity contribution in [3.63, 3.8) is 0 Å². The molecule has 12 heteroatoms. The predicted molar refractivity (Wildman–Crippen MR) is 194 cm³/mol. The van der Waals surface area contributed by atoms with E-state index in [9.17, 15) is 33.0 Å². The maximum atomic E-state index is 14.1. The van der Waals surface area contributed by atoms with E-state index in [0.717, 1.165) is 12.0 Å². The number of amides is 3. The number of rotatable bonds is 21. The van der Waals surface area contributed by atoms with Gasteiger partial charge in [-0.1, -0.05) is 95.0 Å². The first-order valence-corrected chi connectivity index (χ1v) is 19.2. The molecule has 1 aromatic heterocycles. The molecule has 5 atom stereocenters. The number of pyridine rings is 1. The lowest BCUT2D eigenvalue weighted by molar-refractivity contribution is -0.125. The van der Waals surface area contributed by atoms with Crippen LogP contribution >= 0.6 is 0 Å². The van der Waals surface area contributed by atoms with Gasteiger partial charge in [0.2, 0.25) is 5.91 Å². The Labute approximate surface area is 296 Å². The summed E-state index contributed by atoms with van der Waals surface area (Å²) in [6.07, 6.45) is 3.65.